The van der Waals surface area contributed by atoms with Crippen molar-refractivity contribution in [1.82, 2.24) is 15.2 Å². The fourth-order valence-corrected chi connectivity index (χ4v) is 1.12. The van der Waals surface area contributed by atoms with E-state index in [1.54, 1.807) is 12.3 Å². The monoisotopic (exact) mass is 186 g/mol. The van der Waals surface area contributed by atoms with E-state index in [0.717, 1.165) is 17.0 Å². The highest BCUT2D eigenvalue weighted by atomic mass is 15.1. The molecule has 2 heterocycles. The predicted molar refractivity (Wildman–Crippen MR) is 54.4 cm³/mol. The van der Waals surface area contributed by atoms with Gasteiger partial charge in [0, 0.05) is 17.5 Å². The van der Waals surface area contributed by atoms with E-state index < -0.39 is 0 Å². The van der Waals surface area contributed by atoms with Crippen LogP contribution in [-0.2, 0) is 0 Å². The molecule has 2 rings (SSSR count). The number of nitrogen functional groups attached to an aromatic ring is 1. The van der Waals surface area contributed by atoms with Gasteiger partial charge < -0.3 is 5.73 Å². The first-order valence-electron chi connectivity index (χ1n) is 4.28. The number of nitrogens with two attached hydrogens (primary N) is 1. The van der Waals surface area contributed by atoms with Gasteiger partial charge in [0.15, 0.2) is 0 Å². The second-order valence-corrected chi connectivity index (χ2v) is 3.03. The Morgan fingerprint density at radius 1 is 1.07 bits per heavy atom. The Labute approximate surface area is 81.8 Å². The number of rotatable bonds is 1. The normalized spacial score (nSPS) is 10.1. The van der Waals surface area contributed by atoms with Gasteiger partial charge in [0.2, 0.25) is 0 Å². The van der Waals surface area contributed by atoms with Gasteiger partial charge in [-0.05, 0) is 31.2 Å². The van der Waals surface area contributed by atoms with Gasteiger partial charge in [-0.25, -0.2) is 0 Å². The maximum Gasteiger partial charge on any atom is 0.146 e. The van der Waals surface area contributed by atoms with Crippen molar-refractivity contribution in [1.29, 1.82) is 0 Å². The Morgan fingerprint density at radius 2 is 1.93 bits per heavy atom. The standard InChI is InChI=1S/C10H10N4/c1-7-2-3-8(6-12-7)9-4-5-10(11)14-13-9/h2-6H,1H3,(H2,11,14). The van der Waals surface area contributed by atoms with Gasteiger partial charge in [0.1, 0.15) is 5.82 Å². The lowest BCUT2D eigenvalue weighted by molar-refractivity contribution is 1.04. The van der Waals surface area contributed by atoms with Crippen molar-refractivity contribution in [2.75, 3.05) is 5.73 Å². The maximum atomic E-state index is 5.44. The summed E-state index contributed by atoms with van der Waals surface area (Å²) in [6.07, 6.45) is 1.77. The molecule has 0 atom stereocenters. The first-order valence-corrected chi connectivity index (χ1v) is 4.28. The Balaban J connectivity index is 2.40. The van der Waals surface area contributed by atoms with Crippen molar-refractivity contribution in [3.63, 3.8) is 0 Å². The average molecular weight is 186 g/mol. The molecule has 0 unspecified atom stereocenters. The Bertz CT molecular complexity index is 375. The predicted octanol–water partition coefficient (Wildman–Crippen LogP) is 1.43. The molecule has 0 amide bonds. The highest BCUT2D eigenvalue weighted by Gasteiger charge is 1.99. The summed E-state index contributed by atoms with van der Waals surface area (Å²) in [6.45, 7) is 1.94. The van der Waals surface area contributed by atoms with Crippen LogP contribution in [0, 0.1) is 6.92 Å². The molecule has 0 saturated heterocycles. The molecule has 0 aromatic carbocycles. The van der Waals surface area contributed by atoms with Gasteiger partial charge in [0.25, 0.3) is 0 Å². The van der Waals surface area contributed by atoms with Crippen molar-refractivity contribution in [2.24, 2.45) is 0 Å². The van der Waals surface area contributed by atoms with Crippen molar-refractivity contribution in [3.05, 3.63) is 36.2 Å². The van der Waals surface area contributed by atoms with Crippen LogP contribution in [0.25, 0.3) is 11.3 Å². The minimum Gasteiger partial charge on any atom is -0.382 e. The fraction of sp³-hybridized carbons (Fsp3) is 0.100. The summed E-state index contributed by atoms with van der Waals surface area (Å²) in [4.78, 5) is 4.18. The molecule has 0 radical (unpaired) electrons. The number of aromatic nitrogens is 3. The number of anilines is 1. The van der Waals surface area contributed by atoms with Gasteiger partial charge in [0.05, 0.1) is 5.69 Å². The molecule has 2 aromatic heterocycles. The molecule has 4 heteroatoms. The van der Waals surface area contributed by atoms with Crippen molar-refractivity contribution >= 4 is 5.82 Å². The third kappa shape index (κ3) is 1.69. The molecule has 14 heavy (non-hydrogen) atoms. The van der Waals surface area contributed by atoms with Crippen LogP contribution in [0.4, 0.5) is 5.82 Å². The summed E-state index contributed by atoms with van der Waals surface area (Å²) in [7, 11) is 0. The molecular weight excluding hydrogens is 176 g/mol. The minimum atomic E-state index is 0.425. The molecule has 0 bridgehead atoms. The highest BCUT2D eigenvalue weighted by molar-refractivity contribution is 5.57. The highest BCUT2D eigenvalue weighted by Crippen LogP contribution is 2.14. The molecule has 2 aromatic rings. The largest absolute Gasteiger partial charge is 0.382 e. The molecule has 0 fully saturated rings. The minimum absolute atomic E-state index is 0.425. The van der Waals surface area contributed by atoms with E-state index in [-0.39, 0.29) is 0 Å². The fourth-order valence-electron chi connectivity index (χ4n) is 1.12. The summed E-state index contributed by atoms with van der Waals surface area (Å²) in [5.41, 5.74) is 8.15. The molecule has 70 valence electrons. The Kier molecular flexibility index (Phi) is 2.10. The summed E-state index contributed by atoms with van der Waals surface area (Å²) in [5.74, 6) is 0.425. The molecule has 4 nitrogen and oxygen atoms in total. The number of hydrogen-bond acceptors (Lipinski definition) is 4. The second kappa shape index (κ2) is 3.41. The zero-order chi connectivity index (χ0) is 9.97. The topological polar surface area (TPSA) is 64.7 Å². The third-order valence-corrected chi connectivity index (χ3v) is 1.89. The molecule has 0 aliphatic heterocycles. The van der Waals surface area contributed by atoms with Crippen LogP contribution < -0.4 is 5.73 Å². The van der Waals surface area contributed by atoms with E-state index in [9.17, 15) is 0 Å². The van der Waals surface area contributed by atoms with E-state index in [4.69, 9.17) is 5.73 Å². The number of aryl methyl sites for hydroxylation is 1. The number of hydrogen-bond donors (Lipinski definition) is 1. The molecule has 0 aliphatic rings. The second-order valence-electron chi connectivity index (χ2n) is 3.03. The molecular formula is C10H10N4. The number of nitrogens with zero attached hydrogens (tertiary/aromatic N) is 3. The first-order chi connectivity index (χ1) is 6.75. The number of pyridine rings is 1. The van der Waals surface area contributed by atoms with E-state index in [2.05, 4.69) is 15.2 Å². The van der Waals surface area contributed by atoms with Gasteiger partial charge >= 0.3 is 0 Å². The average Bonchev–Trinajstić information content (AvgIpc) is 2.21. The summed E-state index contributed by atoms with van der Waals surface area (Å²) >= 11 is 0. The molecule has 0 saturated carbocycles. The van der Waals surface area contributed by atoms with Crippen LogP contribution in [-0.4, -0.2) is 15.2 Å². The van der Waals surface area contributed by atoms with E-state index in [0.29, 0.717) is 5.82 Å². The van der Waals surface area contributed by atoms with Crippen LogP contribution in [0.15, 0.2) is 30.5 Å². The van der Waals surface area contributed by atoms with Crippen molar-refractivity contribution in [3.8, 4) is 11.3 Å². The Hall–Kier alpha value is -1.97. The van der Waals surface area contributed by atoms with Crippen LogP contribution in [0.3, 0.4) is 0 Å². The Morgan fingerprint density at radius 3 is 2.50 bits per heavy atom. The third-order valence-electron chi connectivity index (χ3n) is 1.89. The zero-order valence-electron chi connectivity index (χ0n) is 7.81. The van der Waals surface area contributed by atoms with Gasteiger partial charge in [-0.1, -0.05) is 0 Å². The van der Waals surface area contributed by atoms with Crippen LogP contribution >= 0.6 is 0 Å². The van der Waals surface area contributed by atoms with Crippen LogP contribution in [0.1, 0.15) is 5.69 Å². The molecule has 2 N–H and O–H groups in total. The van der Waals surface area contributed by atoms with Gasteiger partial charge in [-0.3, -0.25) is 4.98 Å². The lowest BCUT2D eigenvalue weighted by Gasteiger charge is -1.99. The summed E-state index contributed by atoms with van der Waals surface area (Å²) < 4.78 is 0. The summed E-state index contributed by atoms with van der Waals surface area (Å²) in [6, 6.07) is 7.45. The summed E-state index contributed by atoms with van der Waals surface area (Å²) in [5, 5.41) is 7.74. The van der Waals surface area contributed by atoms with Gasteiger partial charge in [-0.15, -0.1) is 10.2 Å². The quantitative estimate of drug-likeness (QED) is 0.731. The van der Waals surface area contributed by atoms with Crippen LogP contribution in [0.5, 0.6) is 0 Å². The smallest absolute Gasteiger partial charge is 0.146 e. The maximum absolute atomic E-state index is 5.44. The van der Waals surface area contributed by atoms with E-state index in [1.807, 2.05) is 25.1 Å². The van der Waals surface area contributed by atoms with Crippen molar-refractivity contribution < 1.29 is 0 Å². The lowest BCUT2D eigenvalue weighted by atomic mass is 10.2. The van der Waals surface area contributed by atoms with Crippen molar-refractivity contribution in [2.45, 2.75) is 6.92 Å². The lowest BCUT2D eigenvalue weighted by Crippen LogP contribution is -1.94. The van der Waals surface area contributed by atoms with E-state index in [1.165, 1.54) is 0 Å². The van der Waals surface area contributed by atoms with Gasteiger partial charge in [-0.2, -0.15) is 0 Å². The zero-order valence-corrected chi connectivity index (χ0v) is 7.81. The molecule has 0 spiro atoms. The van der Waals surface area contributed by atoms with E-state index >= 15 is 0 Å². The van der Waals surface area contributed by atoms with Crippen LogP contribution in [0.2, 0.25) is 0 Å². The molecule has 0 aliphatic carbocycles. The first kappa shape index (κ1) is 8.62. The SMILES string of the molecule is Cc1ccc(-c2ccc(N)nn2)cn1.